The van der Waals surface area contributed by atoms with Crippen molar-refractivity contribution >= 4 is 34.3 Å². The Labute approximate surface area is 210 Å². The molecule has 186 valence electrons. The molecular formula is C25H31N5O4S. The van der Waals surface area contributed by atoms with Crippen LogP contribution in [0.15, 0.2) is 47.6 Å². The number of ether oxygens (including phenoxy) is 2. The Bertz CT molecular complexity index is 1080. The number of thioether (sulfide) groups is 1. The maximum absolute atomic E-state index is 12.5. The molecule has 2 aliphatic heterocycles. The van der Waals surface area contributed by atoms with Crippen LogP contribution in [0.2, 0.25) is 0 Å². The van der Waals surface area contributed by atoms with Gasteiger partial charge in [0, 0.05) is 43.2 Å². The summed E-state index contributed by atoms with van der Waals surface area (Å²) in [7, 11) is 5.28. The van der Waals surface area contributed by atoms with Crippen LogP contribution in [-0.4, -0.2) is 91.4 Å². The first-order valence-corrected chi connectivity index (χ1v) is 12.5. The average Bonchev–Trinajstić information content (AvgIpc) is 2.87. The second-order valence-electron chi connectivity index (χ2n) is 8.55. The van der Waals surface area contributed by atoms with Crippen LogP contribution in [0.25, 0.3) is 0 Å². The fourth-order valence-electron chi connectivity index (χ4n) is 3.95. The molecule has 1 fully saturated rings. The minimum Gasteiger partial charge on any atom is -0.493 e. The van der Waals surface area contributed by atoms with Gasteiger partial charge in [-0.15, -0.1) is 0 Å². The van der Waals surface area contributed by atoms with Crippen LogP contribution in [0.4, 0.5) is 10.5 Å². The van der Waals surface area contributed by atoms with Crippen molar-refractivity contribution < 1.29 is 19.1 Å². The van der Waals surface area contributed by atoms with Gasteiger partial charge in [0.25, 0.3) is 0 Å². The van der Waals surface area contributed by atoms with Gasteiger partial charge in [-0.3, -0.25) is 14.5 Å². The quantitative estimate of drug-likeness (QED) is 0.600. The molecule has 0 spiro atoms. The largest absolute Gasteiger partial charge is 0.493 e. The number of carbonyl (C=O) groups excluding carboxylic acids is 2. The molecule has 2 aliphatic rings. The predicted molar refractivity (Wildman–Crippen MR) is 138 cm³/mol. The maximum Gasteiger partial charge on any atom is 0.302 e. The number of amides is 2. The number of likely N-dealkylation sites (N-methyl/N-ethyl adjacent to an activating group) is 1. The standard InChI is InChI=1S/C25H31N5O4S/c1-28-10-12-29(13-11-28)16-24(31)26-20-7-4-18(5-8-20)15-30-25(32)35-17-21(27-30)19-6-9-22(33-2)23(14-19)34-3/h4-9,14H,10-13,15-17H2,1-3H3,(H,26,31). The SMILES string of the molecule is COc1ccc(C2=NN(Cc3ccc(NC(=O)CN4CCN(C)CC4)cc3)C(=O)SC2)cc1OC. The van der Waals surface area contributed by atoms with E-state index in [1.807, 2.05) is 42.5 Å². The van der Waals surface area contributed by atoms with Gasteiger partial charge in [0.15, 0.2) is 11.5 Å². The molecule has 35 heavy (non-hydrogen) atoms. The lowest BCUT2D eigenvalue weighted by atomic mass is 10.1. The number of benzene rings is 2. The molecule has 0 bridgehead atoms. The van der Waals surface area contributed by atoms with E-state index in [0.717, 1.165) is 48.7 Å². The molecule has 0 radical (unpaired) electrons. The third-order valence-corrected chi connectivity index (χ3v) is 6.91. The highest BCUT2D eigenvalue weighted by molar-refractivity contribution is 8.14. The van der Waals surface area contributed by atoms with Crippen molar-refractivity contribution in [2.45, 2.75) is 6.54 Å². The zero-order chi connectivity index (χ0) is 24.8. The molecule has 9 nitrogen and oxygen atoms in total. The fraction of sp³-hybridized carbons (Fsp3) is 0.400. The Kier molecular flexibility index (Phi) is 8.27. The summed E-state index contributed by atoms with van der Waals surface area (Å²) in [6.45, 7) is 4.49. The molecule has 1 N–H and O–H groups in total. The number of anilines is 1. The predicted octanol–water partition coefficient (Wildman–Crippen LogP) is 2.96. The van der Waals surface area contributed by atoms with Crippen molar-refractivity contribution in [2.75, 3.05) is 65.1 Å². The van der Waals surface area contributed by atoms with E-state index in [-0.39, 0.29) is 11.1 Å². The first kappa shape index (κ1) is 25.0. The highest BCUT2D eigenvalue weighted by atomic mass is 32.2. The summed E-state index contributed by atoms with van der Waals surface area (Å²) in [5.41, 5.74) is 3.34. The second kappa shape index (κ2) is 11.6. The highest BCUT2D eigenvalue weighted by Crippen LogP contribution is 2.30. The average molecular weight is 498 g/mol. The molecule has 0 unspecified atom stereocenters. The Morgan fingerprint density at radius 2 is 1.74 bits per heavy atom. The van der Waals surface area contributed by atoms with Gasteiger partial charge in [-0.1, -0.05) is 23.9 Å². The normalized spacial score (nSPS) is 17.2. The lowest BCUT2D eigenvalue weighted by Crippen LogP contribution is -2.47. The Morgan fingerprint density at radius 1 is 1.03 bits per heavy atom. The van der Waals surface area contributed by atoms with E-state index in [9.17, 15) is 9.59 Å². The summed E-state index contributed by atoms with van der Waals surface area (Å²) in [5, 5.41) is 8.94. The molecule has 10 heteroatoms. The van der Waals surface area contributed by atoms with Crippen LogP contribution in [-0.2, 0) is 11.3 Å². The first-order valence-electron chi connectivity index (χ1n) is 11.5. The number of nitrogens with zero attached hydrogens (tertiary/aromatic N) is 4. The zero-order valence-corrected chi connectivity index (χ0v) is 21.1. The van der Waals surface area contributed by atoms with Gasteiger partial charge in [-0.25, -0.2) is 5.01 Å². The lowest BCUT2D eigenvalue weighted by Gasteiger charge is -2.31. The molecule has 2 heterocycles. The summed E-state index contributed by atoms with van der Waals surface area (Å²) in [5.74, 6) is 1.73. The van der Waals surface area contributed by atoms with Gasteiger partial charge >= 0.3 is 5.24 Å². The van der Waals surface area contributed by atoms with Gasteiger partial charge < -0.3 is 19.7 Å². The Balaban J connectivity index is 1.37. The van der Waals surface area contributed by atoms with Crippen LogP contribution >= 0.6 is 11.8 Å². The molecule has 0 atom stereocenters. The fourth-order valence-corrected chi connectivity index (χ4v) is 4.69. The summed E-state index contributed by atoms with van der Waals surface area (Å²) in [4.78, 5) is 29.3. The summed E-state index contributed by atoms with van der Waals surface area (Å²) >= 11 is 1.22. The maximum atomic E-state index is 12.5. The van der Waals surface area contributed by atoms with Gasteiger partial charge in [-0.2, -0.15) is 5.10 Å². The highest BCUT2D eigenvalue weighted by Gasteiger charge is 2.23. The van der Waals surface area contributed by atoms with Crippen LogP contribution in [0.3, 0.4) is 0 Å². The molecule has 2 aromatic rings. The third kappa shape index (κ3) is 6.53. The van der Waals surface area contributed by atoms with E-state index in [1.165, 1.54) is 16.8 Å². The zero-order valence-electron chi connectivity index (χ0n) is 20.3. The molecule has 1 saturated heterocycles. The van der Waals surface area contributed by atoms with E-state index in [0.29, 0.717) is 30.3 Å². The van der Waals surface area contributed by atoms with Gasteiger partial charge in [0.2, 0.25) is 5.91 Å². The van der Waals surface area contributed by atoms with Crippen molar-refractivity contribution in [1.82, 2.24) is 14.8 Å². The topological polar surface area (TPSA) is 86.7 Å². The number of hydrogen-bond acceptors (Lipinski definition) is 8. The van der Waals surface area contributed by atoms with Crippen molar-refractivity contribution in [3.8, 4) is 11.5 Å². The third-order valence-electron chi connectivity index (χ3n) is 6.03. The van der Waals surface area contributed by atoms with Gasteiger partial charge in [-0.05, 0) is 42.9 Å². The summed E-state index contributed by atoms with van der Waals surface area (Å²) < 4.78 is 10.7. The first-order chi connectivity index (χ1) is 16.9. The molecular weight excluding hydrogens is 466 g/mol. The van der Waals surface area contributed by atoms with Crippen molar-refractivity contribution in [1.29, 1.82) is 0 Å². The lowest BCUT2D eigenvalue weighted by molar-refractivity contribution is -0.117. The van der Waals surface area contributed by atoms with Crippen molar-refractivity contribution in [2.24, 2.45) is 5.10 Å². The Morgan fingerprint density at radius 3 is 2.43 bits per heavy atom. The minimum absolute atomic E-state index is 0.0194. The number of piperazine rings is 1. The van der Waals surface area contributed by atoms with E-state index < -0.39 is 0 Å². The van der Waals surface area contributed by atoms with Crippen LogP contribution in [0.1, 0.15) is 11.1 Å². The number of hydrogen-bond donors (Lipinski definition) is 1. The van der Waals surface area contributed by atoms with Crippen molar-refractivity contribution in [3.05, 3.63) is 53.6 Å². The molecule has 0 aliphatic carbocycles. The molecule has 2 aromatic carbocycles. The molecule has 0 aromatic heterocycles. The van der Waals surface area contributed by atoms with Crippen molar-refractivity contribution in [3.63, 3.8) is 0 Å². The van der Waals surface area contributed by atoms with Gasteiger partial charge in [0.1, 0.15) is 0 Å². The van der Waals surface area contributed by atoms with Crippen LogP contribution in [0.5, 0.6) is 11.5 Å². The monoisotopic (exact) mass is 497 g/mol. The Hall–Kier alpha value is -3.08. The van der Waals surface area contributed by atoms with E-state index in [4.69, 9.17) is 9.47 Å². The molecule has 2 amide bonds. The molecule has 0 saturated carbocycles. The smallest absolute Gasteiger partial charge is 0.302 e. The minimum atomic E-state index is -0.0983. The van der Waals surface area contributed by atoms with E-state index in [2.05, 4.69) is 27.3 Å². The number of carbonyl (C=O) groups is 2. The van der Waals surface area contributed by atoms with Crippen LogP contribution in [0, 0.1) is 0 Å². The number of hydrazone groups is 1. The van der Waals surface area contributed by atoms with Gasteiger partial charge in [0.05, 0.1) is 33.0 Å². The number of methoxy groups -OCH3 is 2. The summed E-state index contributed by atoms with van der Waals surface area (Å²) in [6, 6.07) is 13.1. The second-order valence-corrected chi connectivity index (χ2v) is 9.48. The van der Waals surface area contributed by atoms with E-state index >= 15 is 0 Å². The van der Waals surface area contributed by atoms with E-state index in [1.54, 1.807) is 14.2 Å². The number of rotatable bonds is 8. The summed E-state index contributed by atoms with van der Waals surface area (Å²) in [6.07, 6.45) is 0. The molecule has 4 rings (SSSR count). The number of nitrogens with one attached hydrogen (secondary N) is 1. The van der Waals surface area contributed by atoms with Crippen LogP contribution < -0.4 is 14.8 Å².